The molecule has 0 spiro atoms. The summed E-state index contributed by atoms with van der Waals surface area (Å²) in [7, 11) is 0. The molecule has 27 heavy (non-hydrogen) atoms. The highest BCUT2D eigenvalue weighted by atomic mass is 19.1. The molecule has 2 aromatic carbocycles. The summed E-state index contributed by atoms with van der Waals surface area (Å²) in [6.45, 7) is 4.68. The standard InChI is InChI=1S/C21H22FN3O2/c1-3-13-25(16-8-6-7-15(2)14-16)20(26)12-11-19-23-21(24-27-19)17-9-4-5-10-18(17)22/h4-10,14H,3,11-13H2,1-2H3. The van der Waals surface area contributed by atoms with Crippen LogP contribution in [-0.2, 0) is 11.2 Å². The van der Waals surface area contributed by atoms with E-state index in [0.717, 1.165) is 17.7 Å². The number of nitrogens with zero attached hydrogens (tertiary/aromatic N) is 3. The van der Waals surface area contributed by atoms with Crippen LogP contribution in [0, 0.1) is 12.7 Å². The van der Waals surface area contributed by atoms with Gasteiger partial charge in [0.15, 0.2) is 0 Å². The second kappa shape index (κ2) is 8.58. The van der Waals surface area contributed by atoms with E-state index in [-0.39, 0.29) is 23.7 Å². The fourth-order valence-electron chi connectivity index (χ4n) is 2.87. The Hall–Kier alpha value is -3.02. The molecule has 0 atom stereocenters. The Morgan fingerprint density at radius 3 is 2.74 bits per heavy atom. The molecular weight excluding hydrogens is 345 g/mol. The van der Waals surface area contributed by atoms with Crippen LogP contribution in [0.15, 0.2) is 53.1 Å². The van der Waals surface area contributed by atoms with Gasteiger partial charge in [-0.1, -0.05) is 36.3 Å². The number of amides is 1. The van der Waals surface area contributed by atoms with Crippen LogP contribution in [0.2, 0.25) is 0 Å². The van der Waals surface area contributed by atoms with Crippen molar-refractivity contribution in [2.24, 2.45) is 0 Å². The van der Waals surface area contributed by atoms with Crippen molar-refractivity contribution in [3.63, 3.8) is 0 Å². The van der Waals surface area contributed by atoms with Gasteiger partial charge in [-0.05, 0) is 43.2 Å². The minimum Gasteiger partial charge on any atom is -0.339 e. The van der Waals surface area contributed by atoms with Crippen molar-refractivity contribution in [1.29, 1.82) is 0 Å². The summed E-state index contributed by atoms with van der Waals surface area (Å²) in [5, 5.41) is 3.83. The van der Waals surface area contributed by atoms with Crippen LogP contribution in [0.5, 0.6) is 0 Å². The minimum atomic E-state index is -0.408. The highest BCUT2D eigenvalue weighted by Gasteiger charge is 2.18. The monoisotopic (exact) mass is 367 g/mol. The topological polar surface area (TPSA) is 59.2 Å². The third kappa shape index (κ3) is 4.58. The molecule has 0 aliphatic rings. The number of aryl methyl sites for hydroxylation is 2. The first-order valence-electron chi connectivity index (χ1n) is 9.03. The summed E-state index contributed by atoms with van der Waals surface area (Å²) in [5.41, 5.74) is 2.28. The van der Waals surface area contributed by atoms with Crippen LogP contribution in [0.25, 0.3) is 11.4 Å². The van der Waals surface area contributed by atoms with Crippen LogP contribution < -0.4 is 4.90 Å². The molecule has 6 heteroatoms. The van der Waals surface area contributed by atoms with Crippen LogP contribution >= 0.6 is 0 Å². The van der Waals surface area contributed by atoms with Crippen molar-refractivity contribution in [2.75, 3.05) is 11.4 Å². The van der Waals surface area contributed by atoms with Gasteiger partial charge in [-0.25, -0.2) is 4.39 Å². The molecule has 0 saturated carbocycles. The molecule has 3 rings (SSSR count). The number of carbonyl (C=O) groups is 1. The Balaban J connectivity index is 1.68. The third-order valence-corrected chi connectivity index (χ3v) is 4.20. The van der Waals surface area contributed by atoms with Gasteiger partial charge < -0.3 is 9.42 Å². The number of halogens is 1. The third-order valence-electron chi connectivity index (χ3n) is 4.20. The zero-order valence-corrected chi connectivity index (χ0v) is 15.5. The average molecular weight is 367 g/mol. The number of hydrogen-bond donors (Lipinski definition) is 0. The van der Waals surface area contributed by atoms with E-state index in [2.05, 4.69) is 10.1 Å². The van der Waals surface area contributed by atoms with E-state index in [9.17, 15) is 9.18 Å². The van der Waals surface area contributed by atoms with Gasteiger partial charge in [-0.3, -0.25) is 4.79 Å². The van der Waals surface area contributed by atoms with E-state index in [0.29, 0.717) is 18.9 Å². The van der Waals surface area contributed by atoms with Gasteiger partial charge in [0.1, 0.15) is 5.82 Å². The lowest BCUT2D eigenvalue weighted by Gasteiger charge is -2.22. The maximum Gasteiger partial charge on any atom is 0.227 e. The molecule has 0 unspecified atom stereocenters. The largest absolute Gasteiger partial charge is 0.339 e. The second-order valence-corrected chi connectivity index (χ2v) is 6.38. The van der Waals surface area contributed by atoms with Gasteiger partial charge >= 0.3 is 0 Å². The molecule has 3 aromatic rings. The number of anilines is 1. The molecule has 0 fully saturated rings. The summed E-state index contributed by atoms with van der Waals surface area (Å²) in [5.74, 6) is 0.101. The maximum absolute atomic E-state index is 13.8. The second-order valence-electron chi connectivity index (χ2n) is 6.38. The molecule has 0 aliphatic carbocycles. The fraction of sp³-hybridized carbons (Fsp3) is 0.286. The first-order valence-corrected chi connectivity index (χ1v) is 9.03. The maximum atomic E-state index is 13.8. The Bertz CT molecular complexity index is 923. The molecule has 1 aromatic heterocycles. The van der Waals surface area contributed by atoms with E-state index < -0.39 is 5.82 Å². The predicted octanol–water partition coefficient (Wildman–Crippen LogP) is 4.56. The Morgan fingerprint density at radius 1 is 1.19 bits per heavy atom. The first-order chi connectivity index (χ1) is 13.1. The number of benzene rings is 2. The van der Waals surface area contributed by atoms with Gasteiger partial charge in [-0.15, -0.1) is 0 Å². The number of carbonyl (C=O) groups excluding carboxylic acids is 1. The minimum absolute atomic E-state index is 0.00640. The molecule has 5 nitrogen and oxygen atoms in total. The molecule has 140 valence electrons. The van der Waals surface area contributed by atoms with Gasteiger partial charge in [0.05, 0.1) is 5.56 Å². The van der Waals surface area contributed by atoms with Crippen molar-refractivity contribution < 1.29 is 13.7 Å². The summed E-state index contributed by atoms with van der Waals surface area (Å²) >= 11 is 0. The lowest BCUT2D eigenvalue weighted by molar-refractivity contribution is -0.118. The van der Waals surface area contributed by atoms with Gasteiger partial charge in [0.2, 0.25) is 17.6 Å². The SMILES string of the molecule is CCCN(C(=O)CCc1nc(-c2ccccc2F)no1)c1cccc(C)c1. The zero-order valence-electron chi connectivity index (χ0n) is 15.5. The van der Waals surface area contributed by atoms with E-state index in [1.165, 1.54) is 6.07 Å². The highest BCUT2D eigenvalue weighted by molar-refractivity contribution is 5.93. The number of aromatic nitrogens is 2. The van der Waals surface area contributed by atoms with Gasteiger partial charge in [-0.2, -0.15) is 4.98 Å². The predicted molar refractivity (Wildman–Crippen MR) is 102 cm³/mol. The summed E-state index contributed by atoms with van der Waals surface area (Å²) < 4.78 is 19.0. The molecule has 0 saturated heterocycles. The van der Waals surface area contributed by atoms with Crippen LogP contribution in [-0.4, -0.2) is 22.6 Å². The van der Waals surface area contributed by atoms with Crippen LogP contribution in [0.1, 0.15) is 31.2 Å². The van der Waals surface area contributed by atoms with E-state index in [1.807, 2.05) is 38.1 Å². The molecule has 0 N–H and O–H groups in total. The molecule has 0 radical (unpaired) electrons. The lowest BCUT2D eigenvalue weighted by Crippen LogP contribution is -2.31. The van der Waals surface area contributed by atoms with Crippen molar-refractivity contribution >= 4 is 11.6 Å². The van der Waals surface area contributed by atoms with Crippen LogP contribution in [0.3, 0.4) is 0 Å². The Labute approximate surface area is 157 Å². The smallest absolute Gasteiger partial charge is 0.227 e. The Morgan fingerprint density at radius 2 is 2.00 bits per heavy atom. The summed E-state index contributed by atoms with van der Waals surface area (Å²) in [4.78, 5) is 18.7. The van der Waals surface area contributed by atoms with Crippen molar-refractivity contribution in [1.82, 2.24) is 10.1 Å². The fourth-order valence-corrected chi connectivity index (χ4v) is 2.87. The Kier molecular flexibility index (Phi) is 5.96. The quantitative estimate of drug-likeness (QED) is 0.614. The van der Waals surface area contributed by atoms with Crippen molar-refractivity contribution in [3.8, 4) is 11.4 Å². The number of hydrogen-bond acceptors (Lipinski definition) is 4. The average Bonchev–Trinajstić information content (AvgIpc) is 3.13. The van der Waals surface area contributed by atoms with E-state index in [4.69, 9.17) is 4.52 Å². The molecular formula is C21H22FN3O2. The van der Waals surface area contributed by atoms with Gasteiger partial charge in [0.25, 0.3) is 0 Å². The van der Waals surface area contributed by atoms with Crippen LogP contribution in [0.4, 0.5) is 10.1 Å². The molecule has 0 aliphatic heterocycles. The van der Waals surface area contributed by atoms with E-state index in [1.54, 1.807) is 23.1 Å². The lowest BCUT2D eigenvalue weighted by atomic mass is 10.2. The zero-order chi connectivity index (χ0) is 19.2. The normalized spacial score (nSPS) is 10.8. The summed E-state index contributed by atoms with van der Waals surface area (Å²) in [6, 6.07) is 14.1. The summed E-state index contributed by atoms with van der Waals surface area (Å²) in [6.07, 6.45) is 1.41. The van der Waals surface area contributed by atoms with Crippen molar-refractivity contribution in [3.05, 3.63) is 65.8 Å². The highest BCUT2D eigenvalue weighted by Crippen LogP contribution is 2.21. The molecule has 1 amide bonds. The van der Waals surface area contributed by atoms with E-state index >= 15 is 0 Å². The molecule has 0 bridgehead atoms. The molecule has 1 heterocycles. The number of rotatable bonds is 7. The first kappa shape index (κ1) is 18.8. The van der Waals surface area contributed by atoms with Gasteiger partial charge in [0, 0.05) is 25.1 Å². The van der Waals surface area contributed by atoms with Crippen molar-refractivity contribution in [2.45, 2.75) is 33.1 Å².